The van der Waals surface area contributed by atoms with E-state index in [2.05, 4.69) is 19.2 Å². The fourth-order valence-electron chi connectivity index (χ4n) is 1.48. The Morgan fingerprint density at radius 1 is 1.54 bits per heavy atom. The largest absolute Gasteiger partial charge is 0.316 e. The summed E-state index contributed by atoms with van der Waals surface area (Å²) in [6, 6.07) is 0.495. The number of rotatable bonds is 6. The van der Waals surface area contributed by atoms with E-state index in [1.807, 2.05) is 7.05 Å². The molecule has 13 heavy (non-hydrogen) atoms. The molecule has 0 aromatic rings. The van der Waals surface area contributed by atoms with Crippen LogP contribution in [0.15, 0.2) is 0 Å². The lowest BCUT2D eigenvalue weighted by Crippen LogP contribution is -2.35. The van der Waals surface area contributed by atoms with Gasteiger partial charge in [0, 0.05) is 27.8 Å². The highest BCUT2D eigenvalue weighted by molar-refractivity contribution is 7.85. The van der Waals surface area contributed by atoms with E-state index < -0.39 is 10.8 Å². The van der Waals surface area contributed by atoms with E-state index in [4.69, 9.17) is 0 Å². The minimum atomic E-state index is -0.638. The van der Waals surface area contributed by atoms with Gasteiger partial charge in [-0.15, -0.1) is 0 Å². The lowest BCUT2D eigenvalue weighted by molar-refractivity contribution is 0.544. The van der Waals surface area contributed by atoms with Crippen LogP contribution in [0.3, 0.4) is 0 Å². The Bertz CT molecular complexity index is 180. The van der Waals surface area contributed by atoms with E-state index in [-0.39, 0.29) is 0 Å². The molecule has 0 amide bonds. The van der Waals surface area contributed by atoms with Crippen LogP contribution in [0.5, 0.6) is 0 Å². The van der Waals surface area contributed by atoms with Gasteiger partial charge in [0.2, 0.25) is 0 Å². The number of nitrogens with one attached hydrogen (secondary N) is 1. The predicted molar refractivity (Wildman–Crippen MR) is 58.3 cm³/mol. The molecule has 0 heterocycles. The third-order valence-corrected chi connectivity index (χ3v) is 4.85. The molecule has 1 aliphatic rings. The third kappa shape index (κ3) is 3.39. The molecule has 0 bridgehead atoms. The minimum absolute atomic E-state index is 0.356. The van der Waals surface area contributed by atoms with Crippen molar-refractivity contribution in [1.29, 1.82) is 0 Å². The van der Waals surface area contributed by atoms with Crippen LogP contribution in [0.4, 0.5) is 0 Å². The van der Waals surface area contributed by atoms with Gasteiger partial charge in [0.25, 0.3) is 0 Å². The van der Waals surface area contributed by atoms with Crippen LogP contribution < -0.4 is 5.32 Å². The molecule has 1 fully saturated rings. The number of hydrogen-bond acceptors (Lipinski definition) is 2. The lowest BCUT2D eigenvalue weighted by Gasteiger charge is -2.17. The van der Waals surface area contributed by atoms with Crippen molar-refractivity contribution in [2.24, 2.45) is 5.92 Å². The van der Waals surface area contributed by atoms with Crippen molar-refractivity contribution in [3.05, 3.63) is 0 Å². The second-order valence-corrected chi connectivity index (χ2v) is 5.90. The van der Waals surface area contributed by atoms with Crippen molar-refractivity contribution < 1.29 is 4.21 Å². The summed E-state index contributed by atoms with van der Waals surface area (Å²) in [6.07, 6.45) is 3.67. The second kappa shape index (κ2) is 5.11. The van der Waals surface area contributed by atoms with Crippen LogP contribution in [0.2, 0.25) is 0 Å². The lowest BCUT2D eigenvalue weighted by atomic mass is 10.2. The summed E-state index contributed by atoms with van der Waals surface area (Å²) in [5.41, 5.74) is 0. The third-order valence-electron chi connectivity index (χ3n) is 2.93. The van der Waals surface area contributed by atoms with Crippen LogP contribution >= 0.6 is 0 Å². The summed E-state index contributed by atoms with van der Waals surface area (Å²) in [5, 5.41) is 3.64. The topological polar surface area (TPSA) is 29.1 Å². The normalized spacial score (nSPS) is 23.9. The molecule has 0 aromatic carbocycles. The Balaban J connectivity index is 2.31. The molecule has 3 atom stereocenters. The molecule has 1 N–H and O–H groups in total. The van der Waals surface area contributed by atoms with Gasteiger partial charge in [0.1, 0.15) is 0 Å². The first-order chi connectivity index (χ1) is 6.19. The van der Waals surface area contributed by atoms with Crippen LogP contribution in [0.1, 0.15) is 33.1 Å². The van der Waals surface area contributed by atoms with Gasteiger partial charge in [0.05, 0.1) is 0 Å². The molecule has 2 nitrogen and oxygen atoms in total. The van der Waals surface area contributed by atoms with Gasteiger partial charge in [-0.1, -0.05) is 13.8 Å². The maximum Gasteiger partial charge on any atom is 0.0394 e. The molecule has 3 unspecified atom stereocenters. The van der Waals surface area contributed by atoms with Crippen molar-refractivity contribution in [2.45, 2.75) is 44.4 Å². The standard InChI is InChI=1S/C10H21NOS/c1-4-8(2)13(12)7-10(11-3)9-5-6-9/h8-11H,4-7H2,1-3H3. The summed E-state index contributed by atoms with van der Waals surface area (Å²) >= 11 is 0. The molecule has 78 valence electrons. The molecular weight excluding hydrogens is 182 g/mol. The molecule has 0 saturated heterocycles. The molecule has 0 spiro atoms. The van der Waals surface area contributed by atoms with Crippen molar-refractivity contribution in [3.63, 3.8) is 0 Å². The first-order valence-electron chi connectivity index (χ1n) is 5.23. The fourth-order valence-corrected chi connectivity index (χ4v) is 2.97. The summed E-state index contributed by atoms with van der Waals surface area (Å²) in [5.74, 6) is 1.65. The Labute approximate surface area is 83.9 Å². The van der Waals surface area contributed by atoms with Gasteiger partial charge >= 0.3 is 0 Å². The smallest absolute Gasteiger partial charge is 0.0394 e. The summed E-state index contributed by atoms with van der Waals surface area (Å²) in [4.78, 5) is 0. The van der Waals surface area contributed by atoms with Gasteiger partial charge in [0.15, 0.2) is 0 Å². The van der Waals surface area contributed by atoms with Gasteiger partial charge in [-0.25, -0.2) is 0 Å². The van der Waals surface area contributed by atoms with Crippen LogP contribution in [-0.2, 0) is 10.8 Å². The average molecular weight is 203 g/mol. The van der Waals surface area contributed by atoms with Gasteiger partial charge < -0.3 is 5.32 Å². The molecule has 3 heteroatoms. The van der Waals surface area contributed by atoms with Crippen LogP contribution in [0, 0.1) is 5.92 Å². The van der Waals surface area contributed by atoms with Crippen molar-refractivity contribution in [2.75, 3.05) is 12.8 Å². The van der Waals surface area contributed by atoms with E-state index in [1.54, 1.807) is 0 Å². The molecule has 0 radical (unpaired) electrons. The Kier molecular flexibility index (Phi) is 4.39. The van der Waals surface area contributed by atoms with Gasteiger partial charge in [-0.05, 0) is 32.2 Å². The molecule has 0 aliphatic heterocycles. The summed E-state index contributed by atoms with van der Waals surface area (Å²) in [7, 11) is 1.35. The predicted octanol–water partition coefficient (Wildman–Crippen LogP) is 1.53. The first kappa shape index (κ1) is 11.2. The quantitative estimate of drug-likeness (QED) is 0.709. The Hall–Kier alpha value is 0.110. The van der Waals surface area contributed by atoms with Crippen molar-refractivity contribution >= 4 is 10.8 Å². The highest BCUT2D eigenvalue weighted by Gasteiger charge is 2.31. The Morgan fingerprint density at radius 3 is 2.54 bits per heavy atom. The van der Waals surface area contributed by atoms with Crippen molar-refractivity contribution in [1.82, 2.24) is 5.32 Å². The molecule has 0 aromatic heterocycles. The van der Waals surface area contributed by atoms with E-state index >= 15 is 0 Å². The van der Waals surface area contributed by atoms with E-state index in [1.165, 1.54) is 12.8 Å². The maximum absolute atomic E-state index is 11.7. The van der Waals surface area contributed by atoms with Gasteiger partial charge in [-0.2, -0.15) is 0 Å². The average Bonchev–Trinajstić information content (AvgIpc) is 2.95. The van der Waals surface area contributed by atoms with E-state index in [0.29, 0.717) is 11.3 Å². The molecule has 1 saturated carbocycles. The minimum Gasteiger partial charge on any atom is -0.316 e. The van der Waals surface area contributed by atoms with Crippen LogP contribution in [-0.4, -0.2) is 28.3 Å². The van der Waals surface area contributed by atoms with E-state index in [0.717, 1.165) is 18.1 Å². The molecule has 1 rings (SSSR count). The summed E-state index contributed by atoms with van der Waals surface area (Å²) in [6.45, 7) is 4.18. The second-order valence-electron chi connectivity index (χ2n) is 4.00. The summed E-state index contributed by atoms with van der Waals surface area (Å²) < 4.78 is 11.7. The first-order valence-corrected chi connectivity index (χ1v) is 6.61. The monoisotopic (exact) mass is 203 g/mol. The highest BCUT2D eigenvalue weighted by atomic mass is 32.2. The Morgan fingerprint density at radius 2 is 2.15 bits per heavy atom. The maximum atomic E-state index is 11.7. The highest BCUT2D eigenvalue weighted by Crippen LogP contribution is 2.33. The SMILES string of the molecule is CCC(C)S(=O)CC(NC)C1CC1. The molecular formula is C10H21NOS. The zero-order valence-corrected chi connectivity index (χ0v) is 9.69. The van der Waals surface area contributed by atoms with Crippen molar-refractivity contribution in [3.8, 4) is 0 Å². The number of hydrogen-bond donors (Lipinski definition) is 1. The van der Waals surface area contributed by atoms with E-state index in [9.17, 15) is 4.21 Å². The van der Waals surface area contributed by atoms with Gasteiger partial charge in [-0.3, -0.25) is 4.21 Å². The van der Waals surface area contributed by atoms with Crippen LogP contribution in [0.25, 0.3) is 0 Å². The fraction of sp³-hybridized carbons (Fsp3) is 1.00. The zero-order valence-electron chi connectivity index (χ0n) is 8.88. The zero-order chi connectivity index (χ0) is 9.84. The molecule has 1 aliphatic carbocycles.